The second kappa shape index (κ2) is 4.52. The molecule has 1 heterocycles. The highest BCUT2D eigenvalue weighted by Crippen LogP contribution is 2.40. The van der Waals surface area contributed by atoms with Crippen LogP contribution in [0.2, 0.25) is 0 Å². The summed E-state index contributed by atoms with van der Waals surface area (Å²) in [6.07, 6.45) is -1.11. The molecule has 0 aliphatic carbocycles. The standard InChI is InChI=1S/C12H18F3N/c1-11(2,3)10(4-6-12(13,14)15)9-5-7-16-8-9/h5,7-8,10,16H,4,6H2,1-3H3. The fraction of sp³-hybridized carbons (Fsp3) is 0.667. The van der Waals surface area contributed by atoms with E-state index >= 15 is 0 Å². The summed E-state index contributed by atoms with van der Waals surface area (Å²) in [4.78, 5) is 2.90. The Hall–Kier alpha value is -0.930. The van der Waals surface area contributed by atoms with Gasteiger partial charge in [-0.15, -0.1) is 0 Å². The molecule has 1 aromatic heterocycles. The van der Waals surface area contributed by atoms with E-state index in [1.807, 2.05) is 26.8 Å². The maximum Gasteiger partial charge on any atom is 0.389 e. The molecule has 0 fully saturated rings. The zero-order valence-corrected chi connectivity index (χ0v) is 9.86. The van der Waals surface area contributed by atoms with Crippen molar-refractivity contribution in [1.29, 1.82) is 0 Å². The number of aromatic amines is 1. The summed E-state index contributed by atoms with van der Waals surface area (Å²) in [6, 6.07) is 1.85. The predicted octanol–water partition coefficient (Wildman–Crippen LogP) is 4.49. The number of H-pyrrole nitrogens is 1. The van der Waals surface area contributed by atoms with E-state index in [1.54, 1.807) is 12.4 Å². The van der Waals surface area contributed by atoms with E-state index in [1.165, 1.54) is 0 Å². The minimum atomic E-state index is -4.07. The van der Waals surface area contributed by atoms with Gasteiger partial charge in [-0.05, 0) is 29.4 Å². The molecule has 0 aromatic carbocycles. The maximum atomic E-state index is 12.2. The van der Waals surface area contributed by atoms with Gasteiger partial charge in [-0.3, -0.25) is 0 Å². The summed E-state index contributed by atoms with van der Waals surface area (Å²) in [7, 11) is 0. The third-order valence-corrected chi connectivity index (χ3v) is 2.79. The lowest BCUT2D eigenvalue weighted by molar-refractivity contribution is -0.137. The van der Waals surface area contributed by atoms with Crippen molar-refractivity contribution in [3.8, 4) is 0 Å². The maximum absolute atomic E-state index is 12.2. The Labute approximate surface area is 94.1 Å². The van der Waals surface area contributed by atoms with Gasteiger partial charge in [-0.2, -0.15) is 13.2 Å². The quantitative estimate of drug-likeness (QED) is 0.791. The molecule has 0 saturated carbocycles. The molecule has 0 bridgehead atoms. The summed E-state index contributed by atoms with van der Waals surface area (Å²) in [5.74, 6) is -0.0691. The van der Waals surface area contributed by atoms with E-state index in [9.17, 15) is 13.2 Å². The van der Waals surface area contributed by atoms with Crippen LogP contribution >= 0.6 is 0 Å². The minimum absolute atomic E-state index is 0.0691. The molecular weight excluding hydrogens is 215 g/mol. The molecule has 1 N–H and O–H groups in total. The van der Waals surface area contributed by atoms with Gasteiger partial charge in [0.2, 0.25) is 0 Å². The summed E-state index contributed by atoms with van der Waals surface area (Å²) in [5.41, 5.74) is 0.796. The normalized spacial score (nSPS) is 15.1. The lowest BCUT2D eigenvalue weighted by Gasteiger charge is -2.30. The number of nitrogens with one attached hydrogen (secondary N) is 1. The van der Waals surface area contributed by atoms with Crippen molar-refractivity contribution >= 4 is 0 Å². The smallest absolute Gasteiger partial charge is 0.367 e. The molecule has 0 aliphatic rings. The van der Waals surface area contributed by atoms with Gasteiger partial charge in [0.1, 0.15) is 0 Å². The fourth-order valence-corrected chi connectivity index (χ4v) is 1.96. The lowest BCUT2D eigenvalue weighted by Crippen LogP contribution is -2.20. The van der Waals surface area contributed by atoms with Crippen LogP contribution in [-0.4, -0.2) is 11.2 Å². The van der Waals surface area contributed by atoms with Gasteiger partial charge in [-0.25, -0.2) is 0 Å². The molecule has 0 amide bonds. The largest absolute Gasteiger partial charge is 0.389 e. The molecule has 92 valence electrons. The van der Waals surface area contributed by atoms with E-state index in [0.29, 0.717) is 0 Å². The molecule has 1 atom stereocenters. The summed E-state index contributed by atoms with van der Waals surface area (Å²) >= 11 is 0. The van der Waals surface area contributed by atoms with Gasteiger partial charge in [-0.1, -0.05) is 20.8 Å². The number of hydrogen-bond acceptors (Lipinski definition) is 0. The van der Waals surface area contributed by atoms with E-state index < -0.39 is 12.6 Å². The van der Waals surface area contributed by atoms with E-state index in [0.717, 1.165) is 5.56 Å². The zero-order valence-electron chi connectivity index (χ0n) is 9.86. The van der Waals surface area contributed by atoms with Gasteiger partial charge in [0, 0.05) is 18.8 Å². The van der Waals surface area contributed by atoms with Crippen molar-refractivity contribution in [3.05, 3.63) is 24.0 Å². The molecule has 4 heteroatoms. The van der Waals surface area contributed by atoms with E-state index in [-0.39, 0.29) is 17.8 Å². The van der Waals surface area contributed by atoms with Crippen LogP contribution in [0.3, 0.4) is 0 Å². The van der Waals surface area contributed by atoms with Crippen molar-refractivity contribution in [2.24, 2.45) is 5.41 Å². The number of alkyl halides is 3. The SMILES string of the molecule is CC(C)(C)C(CCC(F)(F)F)c1cc[nH]c1. The highest BCUT2D eigenvalue weighted by atomic mass is 19.4. The van der Waals surface area contributed by atoms with Crippen molar-refractivity contribution in [2.45, 2.75) is 45.7 Å². The van der Waals surface area contributed by atoms with E-state index in [4.69, 9.17) is 0 Å². The van der Waals surface area contributed by atoms with Crippen LogP contribution in [0.15, 0.2) is 18.5 Å². The Morgan fingerprint density at radius 2 is 1.88 bits per heavy atom. The Morgan fingerprint density at radius 3 is 2.25 bits per heavy atom. The van der Waals surface area contributed by atoms with Crippen LogP contribution in [0.5, 0.6) is 0 Å². The average molecular weight is 233 g/mol. The van der Waals surface area contributed by atoms with Crippen molar-refractivity contribution in [1.82, 2.24) is 4.98 Å². The minimum Gasteiger partial charge on any atom is -0.367 e. The summed E-state index contributed by atoms with van der Waals surface area (Å²) < 4.78 is 36.7. The van der Waals surface area contributed by atoms with Crippen LogP contribution in [0.4, 0.5) is 13.2 Å². The number of hydrogen-bond donors (Lipinski definition) is 1. The second-order valence-electron chi connectivity index (χ2n) is 5.22. The molecule has 0 spiro atoms. The topological polar surface area (TPSA) is 15.8 Å². The number of halogens is 3. The first-order valence-corrected chi connectivity index (χ1v) is 5.39. The monoisotopic (exact) mass is 233 g/mol. The first kappa shape index (κ1) is 13.1. The Kier molecular flexibility index (Phi) is 3.71. The highest BCUT2D eigenvalue weighted by molar-refractivity contribution is 5.17. The molecule has 1 aromatic rings. The Balaban J connectivity index is 2.75. The molecule has 1 rings (SSSR count). The summed E-state index contributed by atoms with van der Waals surface area (Å²) in [5, 5.41) is 0. The Morgan fingerprint density at radius 1 is 1.25 bits per heavy atom. The third kappa shape index (κ3) is 3.91. The molecule has 1 nitrogen and oxygen atoms in total. The van der Waals surface area contributed by atoms with Gasteiger partial charge < -0.3 is 4.98 Å². The number of rotatable bonds is 3. The van der Waals surface area contributed by atoms with Crippen molar-refractivity contribution in [2.75, 3.05) is 0 Å². The molecule has 0 saturated heterocycles. The second-order valence-corrected chi connectivity index (χ2v) is 5.22. The van der Waals surface area contributed by atoms with Crippen LogP contribution in [0, 0.1) is 5.41 Å². The predicted molar refractivity (Wildman–Crippen MR) is 58.3 cm³/mol. The van der Waals surface area contributed by atoms with Crippen LogP contribution in [0.25, 0.3) is 0 Å². The first-order chi connectivity index (χ1) is 7.20. The summed E-state index contributed by atoms with van der Waals surface area (Å²) in [6.45, 7) is 5.92. The average Bonchev–Trinajstić information content (AvgIpc) is 2.52. The van der Waals surface area contributed by atoms with E-state index in [2.05, 4.69) is 4.98 Å². The van der Waals surface area contributed by atoms with Crippen LogP contribution in [-0.2, 0) is 0 Å². The van der Waals surface area contributed by atoms with Gasteiger partial charge in [0.15, 0.2) is 0 Å². The molecular formula is C12H18F3N. The van der Waals surface area contributed by atoms with Crippen molar-refractivity contribution in [3.63, 3.8) is 0 Å². The lowest BCUT2D eigenvalue weighted by atomic mass is 9.75. The molecule has 1 unspecified atom stereocenters. The van der Waals surface area contributed by atoms with Crippen molar-refractivity contribution < 1.29 is 13.2 Å². The molecule has 0 aliphatic heterocycles. The van der Waals surface area contributed by atoms with Gasteiger partial charge in [0.25, 0.3) is 0 Å². The number of aromatic nitrogens is 1. The highest BCUT2D eigenvalue weighted by Gasteiger charge is 2.33. The van der Waals surface area contributed by atoms with Crippen LogP contribution in [0.1, 0.15) is 45.1 Å². The van der Waals surface area contributed by atoms with Gasteiger partial charge in [0.05, 0.1) is 0 Å². The van der Waals surface area contributed by atoms with Gasteiger partial charge >= 0.3 is 6.18 Å². The van der Waals surface area contributed by atoms with Crippen LogP contribution < -0.4 is 0 Å². The molecule has 16 heavy (non-hydrogen) atoms. The zero-order chi connectivity index (χ0) is 12.4. The third-order valence-electron chi connectivity index (χ3n) is 2.79. The fourth-order valence-electron chi connectivity index (χ4n) is 1.96. The first-order valence-electron chi connectivity index (χ1n) is 5.39. The Bertz CT molecular complexity index is 306. The molecule has 0 radical (unpaired) electrons.